The lowest BCUT2D eigenvalue weighted by Gasteiger charge is -2.24. The quantitative estimate of drug-likeness (QED) is 0.311. The maximum Gasteiger partial charge on any atom is 0.259 e. The number of hydrogen-bond acceptors (Lipinski definition) is 4. The number of nitrogens with one attached hydrogen (secondary N) is 1. The van der Waals surface area contributed by atoms with Crippen molar-refractivity contribution in [3.8, 4) is 0 Å². The zero-order valence-corrected chi connectivity index (χ0v) is 23.4. The number of rotatable bonds is 12. The van der Waals surface area contributed by atoms with Gasteiger partial charge in [-0.2, -0.15) is 0 Å². The Morgan fingerprint density at radius 1 is 0.923 bits per heavy atom. The van der Waals surface area contributed by atoms with Gasteiger partial charge in [-0.1, -0.05) is 51.0 Å². The number of nitrogens with zero attached hydrogens (tertiary/aromatic N) is 2. The van der Waals surface area contributed by atoms with Crippen LogP contribution in [0, 0.1) is 5.82 Å². The number of anilines is 1. The number of unbranched alkanes of at least 4 members (excludes halogenated alkanes) is 2. The SMILES string of the molecule is CCCCN(CCCC)CCNC(=O)c1ccc2c(c1)N(Cc1ccc(F)cc1)C(=O)c1ccccc1[S@@]2=O. The van der Waals surface area contributed by atoms with Gasteiger partial charge >= 0.3 is 0 Å². The van der Waals surface area contributed by atoms with Gasteiger partial charge in [-0.3, -0.25) is 9.59 Å². The fourth-order valence-corrected chi connectivity index (χ4v) is 6.01. The van der Waals surface area contributed by atoms with Gasteiger partial charge in [0.1, 0.15) is 5.82 Å². The van der Waals surface area contributed by atoms with E-state index in [1.54, 1.807) is 54.6 Å². The predicted molar refractivity (Wildman–Crippen MR) is 153 cm³/mol. The number of halogens is 1. The van der Waals surface area contributed by atoms with Crippen molar-refractivity contribution >= 4 is 28.3 Å². The molecule has 1 heterocycles. The Morgan fingerprint density at radius 2 is 1.62 bits per heavy atom. The summed E-state index contributed by atoms with van der Waals surface area (Å²) in [6, 6.07) is 17.8. The van der Waals surface area contributed by atoms with Gasteiger partial charge in [0, 0.05) is 18.7 Å². The van der Waals surface area contributed by atoms with E-state index >= 15 is 0 Å². The number of hydrogen-bond donors (Lipinski definition) is 1. The molecule has 0 aromatic heterocycles. The maximum atomic E-state index is 13.7. The highest BCUT2D eigenvalue weighted by Crippen LogP contribution is 2.36. The summed E-state index contributed by atoms with van der Waals surface area (Å²) in [7, 11) is -1.61. The first-order valence-electron chi connectivity index (χ1n) is 13.6. The van der Waals surface area contributed by atoms with Crippen LogP contribution in [0.4, 0.5) is 10.1 Å². The summed E-state index contributed by atoms with van der Waals surface area (Å²) >= 11 is 0. The molecule has 1 N–H and O–H groups in total. The summed E-state index contributed by atoms with van der Waals surface area (Å²) in [6.45, 7) is 7.80. The number of carbonyl (C=O) groups excluding carboxylic acids is 2. The van der Waals surface area contributed by atoms with E-state index in [0.717, 1.165) is 50.9 Å². The third-order valence-corrected chi connectivity index (χ3v) is 8.40. The minimum absolute atomic E-state index is 0.145. The van der Waals surface area contributed by atoms with E-state index < -0.39 is 10.8 Å². The molecular formula is C31H36FN3O3S. The molecule has 4 rings (SSSR count). The van der Waals surface area contributed by atoms with E-state index in [1.807, 2.05) is 0 Å². The summed E-state index contributed by atoms with van der Waals surface area (Å²) < 4.78 is 27.1. The molecule has 1 atom stereocenters. The third-order valence-electron chi connectivity index (χ3n) is 6.90. The van der Waals surface area contributed by atoms with E-state index in [1.165, 1.54) is 17.0 Å². The van der Waals surface area contributed by atoms with Gasteiger partial charge < -0.3 is 15.1 Å². The second-order valence-electron chi connectivity index (χ2n) is 9.77. The van der Waals surface area contributed by atoms with Crippen molar-refractivity contribution in [2.75, 3.05) is 31.1 Å². The lowest BCUT2D eigenvalue weighted by molar-refractivity contribution is 0.0944. The molecule has 1 aliphatic heterocycles. The molecule has 0 saturated heterocycles. The molecule has 1 aliphatic rings. The summed E-state index contributed by atoms with van der Waals surface area (Å²) in [4.78, 5) is 31.7. The monoisotopic (exact) mass is 549 g/mol. The number of carbonyl (C=O) groups is 2. The maximum absolute atomic E-state index is 13.7. The molecule has 8 heteroatoms. The highest BCUT2D eigenvalue weighted by atomic mass is 32.2. The number of benzene rings is 3. The Labute approximate surface area is 232 Å². The zero-order chi connectivity index (χ0) is 27.8. The van der Waals surface area contributed by atoms with E-state index in [4.69, 9.17) is 0 Å². The van der Waals surface area contributed by atoms with Crippen LogP contribution in [0.2, 0.25) is 0 Å². The van der Waals surface area contributed by atoms with Crippen molar-refractivity contribution in [1.29, 1.82) is 0 Å². The van der Waals surface area contributed by atoms with Gasteiger partial charge in [0.05, 0.1) is 38.4 Å². The average molecular weight is 550 g/mol. The van der Waals surface area contributed by atoms with Gasteiger partial charge in [0.25, 0.3) is 11.8 Å². The molecule has 0 bridgehead atoms. The Balaban J connectivity index is 1.60. The molecule has 0 saturated carbocycles. The molecule has 6 nitrogen and oxygen atoms in total. The van der Waals surface area contributed by atoms with Crippen molar-refractivity contribution in [3.63, 3.8) is 0 Å². The van der Waals surface area contributed by atoms with Crippen molar-refractivity contribution < 1.29 is 18.2 Å². The summed E-state index contributed by atoms with van der Waals surface area (Å²) in [5.74, 6) is -0.928. The van der Waals surface area contributed by atoms with Crippen LogP contribution in [0.15, 0.2) is 76.5 Å². The van der Waals surface area contributed by atoms with Crippen LogP contribution >= 0.6 is 0 Å². The molecule has 0 aliphatic carbocycles. The fraction of sp³-hybridized carbons (Fsp3) is 0.355. The normalized spacial score (nSPS) is 14.6. The zero-order valence-electron chi connectivity index (χ0n) is 22.6. The first-order valence-corrected chi connectivity index (χ1v) is 14.8. The lowest BCUT2D eigenvalue weighted by atomic mass is 10.1. The van der Waals surface area contributed by atoms with Crippen LogP contribution in [0.3, 0.4) is 0 Å². The van der Waals surface area contributed by atoms with E-state index in [-0.39, 0.29) is 24.2 Å². The third kappa shape index (κ3) is 6.99. The van der Waals surface area contributed by atoms with Crippen LogP contribution in [0.25, 0.3) is 0 Å². The van der Waals surface area contributed by atoms with Crippen molar-refractivity contribution in [1.82, 2.24) is 10.2 Å². The molecule has 2 amide bonds. The Hall–Kier alpha value is -3.36. The number of amides is 2. The number of fused-ring (bicyclic) bond motifs is 2. The van der Waals surface area contributed by atoms with E-state index in [0.29, 0.717) is 33.2 Å². The van der Waals surface area contributed by atoms with Crippen molar-refractivity contribution in [2.24, 2.45) is 0 Å². The van der Waals surface area contributed by atoms with Crippen LogP contribution in [0.1, 0.15) is 65.8 Å². The molecule has 3 aromatic carbocycles. The lowest BCUT2D eigenvalue weighted by Crippen LogP contribution is -2.36. The molecular weight excluding hydrogens is 513 g/mol. The molecule has 0 unspecified atom stereocenters. The topological polar surface area (TPSA) is 69.7 Å². The van der Waals surface area contributed by atoms with Gasteiger partial charge in [0.15, 0.2) is 0 Å². The van der Waals surface area contributed by atoms with Gasteiger partial charge in [-0.05, 0) is 74.0 Å². The molecule has 3 aromatic rings. The first-order chi connectivity index (χ1) is 18.9. The van der Waals surface area contributed by atoms with Gasteiger partial charge in [0.2, 0.25) is 0 Å². The van der Waals surface area contributed by atoms with Crippen LogP contribution in [-0.2, 0) is 17.3 Å². The summed E-state index contributed by atoms with van der Waals surface area (Å²) in [5, 5.41) is 3.01. The largest absolute Gasteiger partial charge is 0.351 e. The van der Waals surface area contributed by atoms with E-state index in [9.17, 15) is 18.2 Å². The molecule has 206 valence electrons. The van der Waals surface area contributed by atoms with Gasteiger partial charge in [-0.25, -0.2) is 8.60 Å². The molecule has 39 heavy (non-hydrogen) atoms. The minimum Gasteiger partial charge on any atom is -0.351 e. The average Bonchev–Trinajstić information content (AvgIpc) is 3.04. The highest BCUT2D eigenvalue weighted by molar-refractivity contribution is 7.85. The van der Waals surface area contributed by atoms with Gasteiger partial charge in [-0.15, -0.1) is 0 Å². The second kappa shape index (κ2) is 13.6. The van der Waals surface area contributed by atoms with Crippen LogP contribution < -0.4 is 10.2 Å². The highest BCUT2D eigenvalue weighted by Gasteiger charge is 2.31. The van der Waals surface area contributed by atoms with E-state index in [2.05, 4.69) is 24.1 Å². The Morgan fingerprint density at radius 3 is 2.31 bits per heavy atom. The minimum atomic E-state index is -1.61. The Kier molecular flexibility index (Phi) is 10.0. The van der Waals surface area contributed by atoms with Crippen LogP contribution in [-0.4, -0.2) is 47.1 Å². The first kappa shape index (κ1) is 28.6. The summed E-state index contributed by atoms with van der Waals surface area (Å²) in [6.07, 6.45) is 4.50. The predicted octanol–water partition coefficient (Wildman–Crippen LogP) is 5.78. The molecule has 0 radical (unpaired) electrons. The van der Waals surface area contributed by atoms with Crippen molar-refractivity contribution in [2.45, 2.75) is 55.9 Å². The molecule has 0 fully saturated rings. The summed E-state index contributed by atoms with van der Waals surface area (Å²) in [5.41, 5.74) is 1.87. The second-order valence-corrected chi connectivity index (χ2v) is 11.2. The molecule has 0 spiro atoms. The standard InChI is InChI=1S/C31H36FN3O3S/c1-3-5-18-34(19-6-4-2)20-17-33-30(36)24-13-16-29-27(21-24)35(22-23-11-14-25(32)15-12-23)31(37)26-9-7-8-10-28(26)39(29)38/h7-16,21H,3-6,17-20,22H2,1-2H3,(H,33,36)/t39-/m0/s1. The smallest absolute Gasteiger partial charge is 0.259 e. The Bertz CT molecular complexity index is 1320. The fourth-order valence-electron chi connectivity index (χ4n) is 4.66. The van der Waals surface area contributed by atoms with Crippen LogP contribution in [0.5, 0.6) is 0 Å². The van der Waals surface area contributed by atoms with Crippen molar-refractivity contribution in [3.05, 3.63) is 89.2 Å².